The minimum Gasteiger partial charge on any atom is -0.347 e. The lowest BCUT2D eigenvalue weighted by atomic mass is 9.95. The van der Waals surface area contributed by atoms with Crippen LogP contribution in [0.4, 0.5) is 8.78 Å². The Labute approximate surface area is 87.5 Å². The maximum Gasteiger partial charge on any atom is 0.263 e. The van der Waals surface area contributed by atoms with Crippen LogP contribution in [-0.4, -0.2) is 33.9 Å². The Morgan fingerprint density at radius 2 is 2.47 bits per heavy atom. The summed E-state index contributed by atoms with van der Waals surface area (Å²) in [6.45, 7) is 2.73. The number of aromatic amines is 1. The molecular formula is C10H15F2N3. The Bertz CT molecular complexity index is 310. The van der Waals surface area contributed by atoms with Gasteiger partial charge >= 0.3 is 0 Å². The zero-order valence-electron chi connectivity index (χ0n) is 8.71. The molecule has 3 nitrogen and oxygen atoms in total. The molecule has 0 aromatic carbocycles. The Morgan fingerprint density at radius 3 is 3.07 bits per heavy atom. The van der Waals surface area contributed by atoms with Crippen LogP contribution in [0.3, 0.4) is 0 Å². The van der Waals surface area contributed by atoms with Crippen molar-refractivity contribution in [3.63, 3.8) is 0 Å². The first-order valence-electron chi connectivity index (χ1n) is 5.15. The molecular weight excluding hydrogens is 200 g/mol. The number of piperidine rings is 1. The molecule has 0 bridgehead atoms. The van der Waals surface area contributed by atoms with Gasteiger partial charge < -0.3 is 4.98 Å². The number of hydrogen-bond acceptors (Lipinski definition) is 2. The van der Waals surface area contributed by atoms with Crippen molar-refractivity contribution in [2.24, 2.45) is 5.92 Å². The van der Waals surface area contributed by atoms with E-state index in [0.29, 0.717) is 13.0 Å². The molecule has 2 rings (SSSR count). The van der Waals surface area contributed by atoms with Gasteiger partial charge in [0, 0.05) is 24.4 Å². The normalized spacial score (nSPS) is 26.7. The van der Waals surface area contributed by atoms with Gasteiger partial charge in [-0.05, 0) is 13.0 Å². The monoisotopic (exact) mass is 215 g/mol. The van der Waals surface area contributed by atoms with Gasteiger partial charge in [0.1, 0.15) is 0 Å². The van der Waals surface area contributed by atoms with E-state index in [4.69, 9.17) is 0 Å². The molecule has 0 amide bonds. The van der Waals surface area contributed by atoms with E-state index in [1.165, 1.54) is 0 Å². The fourth-order valence-corrected chi connectivity index (χ4v) is 1.87. The molecule has 1 fully saturated rings. The van der Waals surface area contributed by atoms with Gasteiger partial charge in [-0.1, -0.05) is 6.92 Å². The van der Waals surface area contributed by atoms with Crippen molar-refractivity contribution in [2.45, 2.75) is 25.8 Å². The summed E-state index contributed by atoms with van der Waals surface area (Å²) < 4.78 is 26.8. The molecule has 1 aliphatic rings. The fourth-order valence-electron chi connectivity index (χ4n) is 1.87. The molecule has 0 spiro atoms. The lowest BCUT2D eigenvalue weighted by Crippen LogP contribution is -2.47. The molecule has 0 radical (unpaired) electrons. The maximum atomic E-state index is 13.4. The Balaban J connectivity index is 1.95. The predicted octanol–water partition coefficient (Wildman–Crippen LogP) is 1.89. The minimum absolute atomic E-state index is 0.146. The number of nitrogens with one attached hydrogen (secondary N) is 1. The van der Waals surface area contributed by atoms with Gasteiger partial charge in [-0.15, -0.1) is 0 Å². The lowest BCUT2D eigenvalue weighted by Gasteiger charge is -2.36. The topological polar surface area (TPSA) is 31.9 Å². The number of rotatable bonds is 2. The number of alkyl halides is 2. The average Bonchev–Trinajstić information content (AvgIpc) is 2.63. The Kier molecular flexibility index (Phi) is 2.73. The fraction of sp³-hybridized carbons (Fsp3) is 0.700. The number of halogens is 2. The lowest BCUT2D eigenvalue weighted by molar-refractivity contribution is -0.106. The number of H-pyrrole nitrogens is 1. The van der Waals surface area contributed by atoms with E-state index in [0.717, 1.165) is 12.2 Å². The third kappa shape index (κ3) is 2.34. The molecule has 1 unspecified atom stereocenters. The van der Waals surface area contributed by atoms with Crippen LogP contribution in [0.5, 0.6) is 0 Å². The number of aromatic nitrogens is 2. The molecule has 1 saturated heterocycles. The number of hydrogen-bond donors (Lipinski definition) is 1. The van der Waals surface area contributed by atoms with Crippen molar-refractivity contribution >= 4 is 0 Å². The highest BCUT2D eigenvalue weighted by atomic mass is 19.3. The second-order valence-electron chi connectivity index (χ2n) is 4.24. The van der Waals surface area contributed by atoms with Gasteiger partial charge in [0.2, 0.25) is 0 Å². The van der Waals surface area contributed by atoms with Gasteiger partial charge in [-0.2, -0.15) is 0 Å². The molecule has 1 aromatic heterocycles. The van der Waals surface area contributed by atoms with Gasteiger partial charge in [0.25, 0.3) is 5.92 Å². The van der Waals surface area contributed by atoms with Crippen LogP contribution in [0.15, 0.2) is 12.5 Å². The van der Waals surface area contributed by atoms with Gasteiger partial charge in [0.05, 0.1) is 12.9 Å². The number of imidazole rings is 1. The van der Waals surface area contributed by atoms with E-state index in [1.54, 1.807) is 24.3 Å². The molecule has 1 aliphatic heterocycles. The zero-order valence-corrected chi connectivity index (χ0v) is 8.71. The summed E-state index contributed by atoms with van der Waals surface area (Å²) in [4.78, 5) is 8.57. The molecule has 0 aliphatic carbocycles. The van der Waals surface area contributed by atoms with E-state index in [2.05, 4.69) is 9.97 Å². The summed E-state index contributed by atoms with van der Waals surface area (Å²) in [7, 11) is 0. The maximum absolute atomic E-state index is 13.4. The van der Waals surface area contributed by atoms with Gasteiger partial charge in [0.15, 0.2) is 0 Å². The van der Waals surface area contributed by atoms with Gasteiger partial charge in [-0.3, -0.25) is 4.90 Å². The SMILES string of the molecule is CC1CCN(Cc2cnc[nH]2)CC1(F)F. The van der Waals surface area contributed by atoms with Crippen LogP contribution in [0, 0.1) is 5.92 Å². The largest absolute Gasteiger partial charge is 0.347 e. The highest BCUT2D eigenvalue weighted by Crippen LogP contribution is 2.32. The number of likely N-dealkylation sites (tertiary alicyclic amines) is 1. The average molecular weight is 215 g/mol. The molecule has 1 atom stereocenters. The van der Waals surface area contributed by atoms with Crippen molar-refractivity contribution in [2.75, 3.05) is 13.1 Å². The van der Waals surface area contributed by atoms with Crippen LogP contribution >= 0.6 is 0 Å². The van der Waals surface area contributed by atoms with E-state index in [9.17, 15) is 8.78 Å². The van der Waals surface area contributed by atoms with Crippen LogP contribution in [0.1, 0.15) is 19.0 Å². The van der Waals surface area contributed by atoms with E-state index in [-0.39, 0.29) is 6.54 Å². The van der Waals surface area contributed by atoms with Gasteiger partial charge in [-0.25, -0.2) is 13.8 Å². The minimum atomic E-state index is -2.56. The van der Waals surface area contributed by atoms with Crippen LogP contribution in [-0.2, 0) is 6.54 Å². The predicted molar refractivity (Wildman–Crippen MR) is 52.6 cm³/mol. The third-order valence-electron chi connectivity index (χ3n) is 2.98. The van der Waals surface area contributed by atoms with Crippen LogP contribution < -0.4 is 0 Å². The highest BCUT2D eigenvalue weighted by molar-refractivity contribution is 4.95. The molecule has 5 heteroatoms. The van der Waals surface area contributed by atoms with Crippen molar-refractivity contribution in [1.82, 2.24) is 14.9 Å². The summed E-state index contributed by atoms with van der Waals surface area (Å²) in [6.07, 6.45) is 3.80. The van der Waals surface area contributed by atoms with E-state index < -0.39 is 11.8 Å². The van der Waals surface area contributed by atoms with E-state index in [1.807, 2.05) is 0 Å². The Hall–Kier alpha value is -0.970. The second kappa shape index (κ2) is 3.89. The molecule has 2 heterocycles. The molecule has 1 aromatic rings. The van der Waals surface area contributed by atoms with Crippen molar-refractivity contribution in [3.8, 4) is 0 Å². The van der Waals surface area contributed by atoms with E-state index >= 15 is 0 Å². The van der Waals surface area contributed by atoms with Crippen LogP contribution in [0.2, 0.25) is 0 Å². The summed E-state index contributed by atoms with van der Waals surface area (Å²) in [5, 5.41) is 0. The number of nitrogens with zero attached hydrogens (tertiary/aromatic N) is 2. The standard InChI is InChI=1S/C10H15F2N3/c1-8-2-3-15(6-10(8,11)12)5-9-4-13-7-14-9/h4,7-8H,2-3,5-6H2,1H3,(H,13,14). The Morgan fingerprint density at radius 1 is 1.67 bits per heavy atom. The highest BCUT2D eigenvalue weighted by Gasteiger charge is 2.41. The third-order valence-corrected chi connectivity index (χ3v) is 2.98. The summed E-state index contributed by atoms with van der Waals surface area (Å²) in [6, 6.07) is 0. The summed E-state index contributed by atoms with van der Waals surface area (Å²) >= 11 is 0. The second-order valence-corrected chi connectivity index (χ2v) is 4.24. The molecule has 1 N–H and O–H groups in total. The first kappa shape index (κ1) is 10.5. The quantitative estimate of drug-likeness (QED) is 0.817. The molecule has 84 valence electrons. The molecule has 0 saturated carbocycles. The summed E-state index contributed by atoms with van der Waals surface area (Å²) in [5.74, 6) is -3.06. The first-order chi connectivity index (χ1) is 7.08. The van der Waals surface area contributed by atoms with Crippen LogP contribution in [0.25, 0.3) is 0 Å². The van der Waals surface area contributed by atoms with Crippen molar-refractivity contribution in [3.05, 3.63) is 18.2 Å². The smallest absolute Gasteiger partial charge is 0.263 e. The summed E-state index contributed by atoms with van der Waals surface area (Å²) in [5.41, 5.74) is 0.889. The molecule has 15 heavy (non-hydrogen) atoms. The first-order valence-corrected chi connectivity index (χ1v) is 5.15. The zero-order chi connectivity index (χ0) is 10.9. The van der Waals surface area contributed by atoms with Crippen molar-refractivity contribution < 1.29 is 8.78 Å². The van der Waals surface area contributed by atoms with Crippen molar-refractivity contribution in [1.29, 1.82) is 0 Å².